The number of aryl methyl sites for hydroxylation is 1. The molecule has 0 amide bonds. The van der Waals surface area contributed by atoms with Crippen molar-refractivity contribution in [3.8, 4) is 0 Å². The first kappa shape index (κ1) is 11.4. The van der Waals surface area contributed by atoms with Gasteiger partial charge < -0.3 is 4.74 Å². The molecule has 1 unspecified atom stereocenters. The first-order valence-electron chi connectivity index (χ1n) is 5.41. The minimum atomic E-state index is -0.352. The quantitative estimate of drug-likeness (QED) is 0.760. The largest absolute Gasteiger partial charge is 0.454 e. The van der Waals surface area contributed by atoms with Crippen LogP contribution in [0.5, 0.6) is 0 Å². The van der Waals surface area contributed by atoms with E-state index in [0.29, 0.717) is 5.56 Å². The van der Waals surface area contributed by atoms with Crippen molar-refractivity contribution in [2.45, 2.75) is 13.0 Å². The van der Waals surface area contributed by atoms with Gasteiger partial charge in [0.15, 0.2) is 0 Å². The summed E-state index contributed by atoms with van der Waals surface area (Å²) in [6.07, 6.45) is 2.88. The van der Waals surface area contributed by atoms with Gasteiger partial charge in [0.25, 0.3) is 0 Å². The topological polar surface area (TPSA) is 44.1 Å². The van der Waals surface area contributed by atoms with E-state index < -0.39 is 0 Å². The molecule has 1 atom stereocenters. The molecular formula is C13H14N2O2. The van der Waals surface area contributed by atoms with Gasteiger partial charge in [-0.3, -0.25) is 4.68 Å². The average Bonchev–Trinajstić information content (AvgIpc) is 2.77. The van der Waals surface area contributed by atoms with Gasteiger partial charge in [0, 0.05) is 13.2 Å². The summed E-state index contributed by atoms with van der Waals surface area (Å²) in [5.74, 6) is -0.352. The lowest BCUT2D eigenvalue weighted by Crippen LogP contribution is -2.08. The van der Waals surface area contributed by atoms with E-state index >= 15 is 0 Å². The van der Waals surface area contributed by atoms with E-state index in [2.05, 4.69) is 5.10 Å². The summed E-state index contributed by atoms with van der Waals surface area (Å²) in [6, 6.07) is 9.63. The van der Waals surface area contributed by atoms with Crippen LogP contribution in [0.2, 0.25) is 0 Å². The second kappa shape index (κ2) is 4.82. The van der Waals surface area contributed by atoms with Gasteiger partial charge in [-0.2, -0.15) is 5.10 Å². The fourth-order valence-corrected chi connectivity index (χ4v) is 1.55. The Morgan fingerprint density at radius 3 is 2.65 bits per heavy atom. The second-order valence-electron chi connectivity index (χ2n) is 3.86. The lowest BCUT2D eigenvalue weighted by atomic mass is 10.1. The maximum atomic E-state index is 11.8. The highest BCUT2D eigenvalue weighted by molar-refractivity contribution is 5.88. The molecule has 0 saturated heterocycles. The summed E-state index contributed by atoms with van der Waals surface area (Å²) in [4.78, 5) is 11.8. The number of rotatable bonds is 3. The Bertz CT molecular complexity index is 505. The number of aromatic nitrogens is 2. The number of hydrogen-bond acceptors (Lipinski definition) is 3. The number of carbonyl (C=O) groups excluding carboxylic acids is 1. The molecule has 4 heteroatoms. The zero-order chi connectivity index (χ0) is 12.3. The van der Waals surface area contributed by atoms with Crippen molar-refractivity contribution in [3.05, 3.63) is 53.9 Å². The van der Waals surface area contributed by atoms with Crippen molar-refractivity contribution >= 4 is 5.97 Å². The zero-order valence-electron chi connectivity index (χ0n) is 9.83. The molecule has 0 fully saturated rings. The van der Waals surface area contributed by atoms with Crippen molar-refractivity contribution in [2.24, 2.45) is 7.05 Å². The van der Waals surface area contributed by atoms with Gasteiger partial charge in [-0.25, -0.2) is 4.79 Å². The van der Waals surface area contributed by atoms with E-state index in [9.17, 15) is 4.79 Å². The Kier molecular flexibility index (Phi) is 3.23. The van der Waals surface area contributed by atoms with Gasteiger partial charge in [-0.1, -0.05) is 30.3 Å². The van der Waals surface area contributed by atoms with Gasteiger partial charge in [-0.15, -0.1) is 0 Å². The molecule has 0 aliphatic heterocycles. The molecule has 0 aliphatic rings. The number of esters is 1. The van der Waals surface area contributed by atoms with Crippen LogP contribution in [0.4, 0.5) is 0 Å². The van der Waals surface area contributed by atoms with Crippen LogP contribution in [0.15, 0.2) is 42.7 Å². The number of ether oxygens (including phenoxy) is 1. The second-order valence-corrected chi connectivity index (χ2v) is 3.86. The predicted molar refractivity (Wildman–Crippen MR) is 63.5 cm³/mol. The van der Waals surface area contributed by atoms with E-state index in [0.717, 1.165) is 5.56 Å². The molecule has 17 heavy (non-hydrogen) atoms. The summed E-state index contributed by atoms with van der Waals surface area (Å²) in [5.41, 5.74) is 1.44. The molecule has 0 N–H and O–H groups in total. The number of hydrogen-bond donors (Lipinski definition) is 0. The molecule has 88 valence electrons. The molecule has 1 aromatic heterocycles. The first-order valence-corrected chi connectivity index (χ1v) is 5.41. The van der Waals surface area contributed by atoms with Crippen LogP contribution in [-0.4, -0.2) is 15.7 Å². The Morgan fingerprint density at radius 2 is 2.06 bits per heavy atom. The summed E-state index contributed by atoms with van der Waals surface area (Å²) in [7, 11) is 1.76. The minimum absolute atomic E-state index is 0.260. The third kappa shape index (κ3) is 2.72. The third-order valence-corrected chi connectivity index (χ3v) is 2.49. The Morgan fingerprint density at radius 1 is 1.35 bits per heavy atom. The van der Waals surface area contributed by atoms with Crippen LogP contribution in [0.3, 0.4) is 0 Å². The van der Waals surface area contributed by atoms with Gasteiger partial charge in [0.1, 0.15) is 6.10 Å². The van der Waals surface area contributed by atoms with Gasteiger partial charge in [0.2, 0.25) is 0 Å². The van der Waals surface area contributed by atoms with Gasteiger partial charge in [-0.05, 0) is 12.5 Å². The van der Waals surface area contributed by atoms with Gasteiger partial charge >= 0.3 is 5.97 Å². The molecular weight excluding hydrogens is 216 g/mol. The number of carbonyl (C=O) groups is 1. The molecule has 1 heterocycles. The van der Waals surface area contributed by atoms with Gasteiger partial charge in [0.05, 0.1) is 11.8 Å². The lowest BCUT2D eigenvalue weighted by molar-refractivity contribution is 0.0338. The summed E-state index contributed by atoms with van der Waals surface area (Å²) < 4.78 is 6.92. The SMILES string of the molecule is CC(OC(=O)c1cnn(C)c1)c1ccccc1. The van der Waals surface area contributed by atoms with Crippen molar-refractivity contribution in [3.63, 3.8) is 0 Å². The monoisotopic (exact) mass is 230 g/mol. The molecule has 4 nitrogen and oxygen atoms in total. The van der Waals surface area contributed by atoms with Crippen LogP contribution in [0, 0.1) is 0 Å². The normalized spacial score (nSPS) is 12.1. The maximum Gasteiger partial charge on any atom is 0.341 e. The minimum Gasteiger partial charge on any atom is -0.454 e. The maximum absolute atomic E-state index is 11.8. The fourth-order valence-electron chi connectivity index (χ4n) is 1.55. The molecule has 0 radical (unpaired) electrons. The molecule has 0 bridgehead atoms. The van der Waals surface area contributed by atoms with E-state index in [4.69, 9.17) is 4.74 Å². The Balaban J connectivity index is 2.04. The highest BCUT2D eigenvalue weighted by atomic mass is 16.5. The van der Waals surface area contributed by atoms with Crippen LogP contribution >= 0.6 is 0 Å². The van der Waals surface area contributed by atoms with Crippen molar-refractivity contribution < 1.29 is 9.53 Å². The highest BCUT2D eigenvalue weighted by Crippen LogP contribution is 2.17. The molecule has 1 aromatic carbocycles. The van der Waals surface area contributed by atoms with Crippen molar-refractivity contribution in [1.29, 1.82) is 0 Å². The standard InChI is InChI=1S/C13H14N2O2/c1-10(11-6-4-3-5-7-11)17-13(16)12-8-14-15(2)9-12/h3-10H,1-2H3. The lowest BCUT2D eigenvalue weighted by Gasteiger charge is -2.12. The fraction of sp³-hybridized carbons (Fsp3) is 0.231. The molecule has 0 aliphatic carbocycles. The smallest absolute Gasteiger partial charge is 0.341 e. The van der Waals surface area contributed by atoms with Crippen molar-refractivity contribution in [2.75, 3.05) is 0 Å². The van der Waals surface area contributed by atoms with Crippen LogP contribution in [0.25, 0.3) is 0 Å². The van der Waals surface area contributed by atoms with Crippen LogP contribution < -0.4 is 0 Å². The number of nitrogens with zero attached hydrogens (tertiary/aromatic N) is 2. The zero-order valence-corrected chi connectivity index (χ0v) is 9.83. The predicted octanol–water partition coefficient (Wildman–Crippen LogP) is 2.34. The van der Waals surface area contributed by atoms with Crippen molar-refractivity contribution in [1.82, 2.24) is 9.78 Å². The molecule has 0 saturated carbocycles. The van der Waals surface area contributed by atoms with Crippen LogP contribution in [0.1, 0.15) is 28.9 Å². The summed E-state index contributed by atoms with van der Waals surface area (Å²) >= 11 is 0. The van der Waals surface area contributed by atoms with E-state index in [1.807, 2.05) is 37.3 Å². The Hall–Kier alpha value is -2.10. The summed E-state index contributed by atoms with van der Waals surface area (Å²) in [6.45, 7) is 1.85. The Labute approximate surface area is 99.8 Å². The number of benzene rings is 1. The molecule has 0 spiro atoms. The van der Waals surface area contributed by atoms with E-state index in [1.165, 1.54) is 6.20 Å². The third-order valence-electron chi connectivity index (χ3n) is 2.49. The van der Waals surface area contributed by atoms with E-state index in [1.54, 1.807) is 17.9 Å². The summed E-state index contributed by atoms with van der Waals surface area (Å²) in [5, 5.41) is 3.93. The average molecular weight is 230 g/mol. The van der Waals surface area contributed by atoms with E-state index in [-0.39, 0.29) is 12.1 Å². The highest BCUT2D eigenvalue weighted by Gasteiger charge is 2.14. The molecule has 2 rings (SSSR count). The molecule has 2 aromatic rings. The first-order chi connectivity index (χ1) is 8.16. The van der Waals surface area contributed by atoms with Crippen LogP contribution in [-0.2, 0) is 11.8 Å².